The smallest absolute Gasteiger partial charge is 0.410 e. The lowest BCUT2D eigenvalue weighted by Gasteiger charge is -2.32. The van der Waals surface area contributed by atoms with Crippen LogP contribution in [0.4, 0.5) is 9.59 Å². The van der Waals surface area contributed by atoms with E-state index in [1.807, 2.05) is 46.4 Å². The van der Waals surface area contributed by atoms with Gasteiger partial charge in [0.25, 0.3) is 0 Å². The predicted molar refractivity (Wildman–Crippen MR) is 252 cm³/mol. The van der Waals surface area contributed by atoms with Crippen LogP contribution in [0.2, 0.25) is 4.34 Å². The number of likely N-dealkylation sites (tertiary alicyclic amines) is 2. The van der Waals surface area contributed by atoms with Crippen LogP contribution in [0.15, 0.2) is 50.7 Å². The van der Waals surface area contributed by atoms with Crippen molar-refractivity contribution in [3.05, 3.63) is 76.2 Å². The minimum absolute atomic E-state index is 0.0400. The van der Waals surface area contributed by atoms with Crippen LogP contribution in [-0.4, -0.2) is 69.3 Å². The van der Waals surface area contributed by atoms with E-state index in [0.29, 0.717) is 24.9 Å². The summed E-state index contributed by atoms with van der Waals surface area (Å²) in [6, 6.07) is 13.0. The fourth-order valence-electron chi connectivity index (χ4n) is 6.88. The molecule has 0 saturated carbocycles. The average molecular weight is 993 g/mol. The molecule has 2 saturated heterocycles. The molecule has 2 aliphatic rings. The Morgan fingerprint density at radius 2 is 1.07 bits per heavy atom. The van der Waals surface area contributed by atoms with E-state index < -0.39 is 11.2 Å². The maximum atomic E-state index is 12.3. The van der Waals surface area contributed by atoms with E-state index in [2.05, 4.69) is 115 Å². The van der Waals surface area contributed by atoms with Crippen LogP contribution in [0, 0.1) is 0 Å². The van der Waals surface area contributed by atoms with E-state index in [0.717, 1.165) is 79.6 Å². The molecule has 8 nitrogen and oxygen atoms in total. The van der Waals surface area contributed by atoms with Gasteiger partial charge in [0.2, 0.25) is 0 Å². The summed E-state index contributed by atoms with van der Waals surface area (Å²) in [5.41, 5.74) is 5.81. The van der Waals surface area contributed by atoms with Crippen molar-refractivity contribution in [2.45, 2.75) is 143 Å². The second kappa shape index (κ2) is 18.9. The second-order valence-electron chi connectivity index (χ2n) is 19.7. The zero-order valence-electron chi connectivity index (χ0n) is 36.7. The first-order valence-corrected chi connectivity index (χ1v) is 24.1. The summed E-state index contributed by atoms with van der Waals surface area (Å²) in [7, 11) is 0. The molecule has 59 heavy (non-hydrogen) atoms. The number of nitrogens with zero attached hydrogens (tertiary/aromatic N) is 4. The fraction of sp³-hybridized carbons (Fsp3) is 0.565. The molecule has 4 heterocycles. The summed E-state index contributed by atoms with van der Waals surface area (Å²) in [5.74, 6) is 0.718. The maximum absolute atomic E-state index is 12.3. The molecule has 2 aliphatic heterocycles. The van der Waals surface area contributed by atoms with Gasteiger partial charge in [-0.3, -0.25) is 0 Å². The van der Waals surface area contributed by atoms with Crippen molar-refractivity contribution >= 4 is 78.3 Å². The predicted octanol–water partition coefficient (Wildman–Crippen LogP) is 14.6. The molecule has 0 N–H and O–H groups in total. The summed E-state index contributed by atoms with van der Waals surface area (Å²) in [5, 5.41) is 4.38. The van der Waals surface area contributed by atoms with Crippen molar-refractivity contribution < 1.29 is 19.1 Å². The lowest BCUT2D eigenvalue weighted by Crippen LogP contribution is -2.41. The van der Waals surface area contributed by atoms with Crippen molar-refractivity contribution in [2.24, 2.45) is 0 Å². The monoisotopic (exact) mass is 990 g/mol. The topological polar surface area (TPSA) is 84.9 Å². The first-order valence-electron chi connectivity index (χ1n) is 20.5. The molecule has 0 radical (unpaired) electrons. The quantitative estimate of drug-likeness (QED) is 0.203. The number of rotatable bonds is 4. The van der Waals surface area contributed by atoms with Crippen LogP contribution in [-0.2, 0) is 20.3 Å². The second-order valence-corrected chi connectivity index (χ2v) is 24.0. The summed E-state index contributed by atoms with van der Waals surface area (Å²) < 4.78 is 13.8. The average Bonchev–Trinajstić information content (AvgIpc) is 3.77. The first kappa shape index (κ1) is 47.5. The number of carbonyl (C=O) groups is 2. The first-order chi connectivity index (χ1) is 27.3. The number of hydrogen-bond donors (Lipinski definition) is 0. The Hall–Kier alpha value is -2.51. The summed E-state index contributed by atoms with van der Waals surface area (Å²) in [6.45, 7) is 27.5. The van der Waals surface area contributed by atoms with Gasteiger partial charge in [-0.2, -0.15) is 0 Å². The van der Waals surface area contributed by atoms with Crippen LogP contribution in [0.3, 0.4) is 0 Å². The molecule has 0 aliphatic carbocycles. The Balaban J connectivity index is 0.000000224. The van der Waals surface area contributed by atoms with E-state index >= 15 is 0 Å². The highest BCUT2D eigenvalue weighted by molar-refractivity contribution is 9.10. The minimum Gasteiger partial charge on any atom is -0.444 e. The lowest BCUT2D eigenvalue weighted by molar-refractivity contribution is 0.0194. The summed E-state index contributed by atoms with van der Waals surface area (Å²) >= 11 is 17.2. The van der Waals surface area contributed by atoms with Gasteiger partial charge < -0.3 is 19.3 Å². The molecule has 322 valence electrons. The van der Waals surface area contributed by atoms with Crippen LogP contribution in [0.1, 0.15) is 142 Å². The lowest BCUT2D eigenvalue weighted by atomic mass is 9.86. The Bertz CT molecular complexity index is 2090. The molecule has 2 fully saturated rings. The molecule has 0 unspecified atom stereocenters. The van der Waals surface area contributed by atoms with Crippen LogP contribution >= 0.6 is 66.1 Å². The highest BCUT2D eigenvalue weighted by atomic mass is 79.9. The van der Waals surface area contributed by atoms with Gasteiger partial charge in [-0.25, -0.2) is 19.6 Å². The number of piperidine rings is 2. The van der Waals surface area contributed by atoms with Crippen molar-refractivity contribution in [2.75, 3.05) is 26.2 Å². The Kier molecular flexibility index (Phi) is 15.2. The largest absolute Gasteiger partial charge is 0.444 e. The van der Waals surface area contributed by atoms with Gasteiger partial charge in [0.05, 0.1) is 15.7 Å². The van der Waals surface area contributed by atoms with Crippen LogP contribution in [0.25, 0.3) is 22.5 Å². The summed E-state index contributed by atoms with van der Waals surface area (Å²) in [4.78, 5) is 38.1. The maximum Gasteiger partial charge on any atom is 0.410 e. The highest BCUT2D eigenvalue weighted by Crippen LogP contribution is 2.41. The number of aromatic nitrogens is 2. The SMILES string of the molecule is CC(C)(C)OC(=O)N1CCC(c2nc(-c3cc(Br)cc(C(C)(C)C)c3)c(Cl)s2)CC1.CC(C)(C)OC(=O)N1CCC(c2nc(-c3cc(Br)cc(C(C)(C)C)c3)cs2)CC1. The van der Waals surface area contributed by atoms with Gasteiger partial charge in [-0.15, -0.1) is 22.7 Å². The van der Waals surface area contributed by atoms with Gasteiger partial charge in [0, 0.05) is 63.5 Å². The van der Waals surface area contributed by atoms with E-state index in [9.17, 15) is 9.59 Å². The van der Waals surface area contributed by atoms with Gasteiger partial charge in [0.1, 0.15) is 21.2 Å². The van der Waals surface area contributed by atoms with E-state index in [1.165, 1.54) is 16.1 Å². The molecule has 4 aromatic rings. The molecule has 2 amide bonds. The molecular weight excluding hydrogens is 932 g/mol. The molecule has 0 atom stereocenters. The molecule has 2 aromatic heterocycles. The summed E-state index contributed by atoms with van der Waals surface area (Å²) in [6.07, 6.45) is 3.15. The normalized spacial score (nSPS) is 16.1. The Morgan fingerprint density at radius 1 is 0.644 bits per heavy atom. The number of benzene rings is 2. The molecule has 0 spiro atoms. The standard InChI is InChI=1S/C23H30BrClN2O2S.C23H31BrN2O2S/c1-22(2,3)16-11-15(12-17(24)13-16)18-19(25)30-20(26-18)14-7-9-27(10-8-14)21(28)29-23(4,5)6;1-22(2,3)17-11-16(12-18(24)13-17)19-14-29-20(25-19)15-7-9-26(10-8-15)21(27)28-23(4,5)6/h11-14H,7-10H2,1-6H3;11-15H,7-10H2,1-6H3. The van der Waals surface area contributed by atoms with Crippen molar-refractivity contribution in [1.82, 2.24) is 19.8 Å². The van der Waals surface area contributed by atoms with Gasteiger partial charge in [-0.1, -0.05) is 85.0 Å². The Labute approximate surface area is 382 Å². The molecule has 13 heteroatoms. The van der Waals surface area contributed by atoms with Crippen molar-refractivity contribution in [3.8, 4) is 22.5 Å². The number of halogens is 3. The zero-order chi connectivity index (χ0) is 43.7. The van der Waals surface area contributed by atoms with Gasteiger partial charge >= 0.3 is 12.2 Å². The van der Waals surface area contributed by atoms with E-state index in [-0.39, 0.29) is 23.0 Å². The highest BCUT2D eigenvalue weighted by Gasteiger charge is 2.31. The zero-order valence-corrected chi connectivity index (χ0v) is 42.3. The van der Waals surface area contributed by atoms with Crippen molar-refractivity contribution in [1.29, 1.82) is 0 Å². The van der Waals surface area contributed by atoms with E-state index in [1.54, 1.807) is 27.6 Å². The molecule has 2 aromatic carbocycles. The minimum atomic E-state index is -0.471. The van der Waals surface area contributed by atoms with Gasteiger partial charge in [-0.05, 0) is 126 Å². The van der Waals surface area contributed by atoms with Crippen molar-refractivity contribution in [3.63, 3.8) is 0 Å². The number of ether oxygens (including phenoxy) is 2. The number of carbonyl (C=O) groups excluding carboxylic acids is 2. The third-order valence-electron chi connectivity index (χ3n) is 10.2. The third kappa shape index (κ3) is 13.5. The van der Waals surface area contributed by atoms with Crippen LogP contribution < -0.4 is 0 Å². The number of amides is 2. The molecular formula is C46H61Br2ClN4O4S2. The molecule has 0 bridgehead atoms. The van der Waals surface area contributed by atoms with E-state index in [4.69, 9.17) is 31.0 Å². The number of thiazole rings is 2. The third-order valence-corrected chi connectivity index (χ3v) is 13.6. The van der Waals surface area contributed by atoms with Gasteiger partial charge in [0.15, 0.2) is 0 Å². The van der Waals surface area contributed by atoms with Crippen LogP contribution in [0.5, 0.6) is 0 Å². The Morgan fingerprint density at radius 3 is 1.51 bits per heavy atom. The molecule has 6 rings (SSSR count). The fourth-order valence-corrected chi connectivity index (χ4v) is 10.2. The number of hydrogen-bond acceptors (Lipinski definition) is 8.